The number of para-hydroxylation sites is 2. The molecule has 0 saturated heterocycles. The predicted octanol–water partition coefficient (Wildman–Crippen LogP) is 5.41. The number of carbonyl (C=O) groups is 2. The van der Waals surface area contributed by atoms with Gasteiger partial charge in [0.1, 0.15) is 24.2 Å². The molecule has 3 aromatic rings. The van der Waals surface area contributed by atoms with Crippen LogP contribution in [0.25, 0.3) is 0 Å². The number of benzene rings is 3. The number of hydrogen-bond acceptors (Lipinski definition) is 5. The Hall–Kier alpha value is -3.63. The van der Waals surface area contributed by atoms with E-state index in [9.17, 15) is 22.4 Å². The van der Waals surface area contributed by atoms with Crippen LogP contribution in [0.3, 0.4) is 0 Å². The molecule has 1 N–H and O–H groups in total. The second-order valence-corrected chi connectivity index (χ2v) is 11.8. The molecule has 0 spiro atoms. The lowest BCUT2D eigenvalue weighted by atomic mass is 10.1. The lowest BCUT2D eigenvalue weighted by Crippen LogP contribution is -2.52. The molecular weight excluding hydrogens is 569 g/mol. The molecule has 220 valence electrons. The molecule has 0 heterocycles. The van der Waals surface area contributed by atoms with E-state index in [1.165, 1.54) is 60.4 Å². The monoisotopic (exact) mass is 603 g/mol. The quantitative estimate of drug-likeness (QED) is 0.282. The van der Waals surface area contributed by atoms with Gasteiger partial charge < -0.3 is 15.0 Å². The molecule has 0 aromatic heterocycles. The number of sulfonamides is 1. The van der Waals surface area contributed by atoms with Crippen LogP contribution in [0.5, 0.6) is 5.75 Å². The summed E-state index contributed by atoms with van der Waals surface area (Å²) >= 11 is 5.99. The van der Waals surface area contributed by atoms with Crippen LogP contribution >= 0.6 is 11.6 Å². The Morgan fingerprint density at radius 1 is 0.976 bits per heavy atom. The van der Waals surface area contributed by atoms with Crippen molar-refractivity contribution in [2.75, 3.05) is 17.5 Å². The first-order chi connectivity index (χ1) is 19.5. The van der Waals surface area contributed by atoms with Crippen molar-refractivity contribution in [3.05, 3.63) is 89.2 Å². The number of halogens is 2. The van der Waals surface area contributed by atoms with Crippen LogP contribution in [0.15, 0.2) is 77.7 Å². The van der Waals surface area contributed by atoms with Crippen molar-refractivity contribution in [3.8, 4) is 5.75 Å². The summed E-state index contributed by atoms with van der Waals surface area (Å²) in [4.78, 5) is 28.2. The van der Waals surface area contributed by atoms with E-state index in [1.54, 1.807) is 31.2 Å². The van der Waals surface area contributed by atoms with Gasteiger partial charge in [-0.25, -0.2) is 12.8 Å². The molecule has 11 heteroatoms. The molecule has 0 aliphatic heterocycles. The molecule has 2 atom stereocenters. The van der Waals surface area contributed by atoms with E-state index < -0.39 is 40.2 Å². The molecule has 0 bridgehead atoms. The highest BCUT2D eigenvalue weighted by Gasteiger charge is 2.34. The maximum atomic E-state index is 14.7. The van der Waals surface area contributed by atoms with Gasteiger partial charge in [-0.1, -0.05) is 48.9 Å². The smallest absolute Gasteiger partial charge is 0.264 e. The topological polar surface area (TPSA) is 96.0 Å². The van der Waals surface area contributed by atoms with Crippen molar-refractivity contribution in [3.63, 3.8) is 0 Å². The van der Waals surface area contributed by atoms with E-state index in [4.69, 9.17) is 16.3 Å². The highest BCUT2D eigenvalue weighted by Crippen LogP contribution is 2.33. The summed E-state index contributed by atoms with van der Waals surface area (Å²) in [5.74, 6) is -1.44. The summed E-state index contributed by atoms with van der Waals surface area (Å²) in [5.41, 5.74) is 0.325. The Morgan fingerprint density at radius 3 is 2.24 bits per heavy atom. The van der Waals surface area contributed by atoms with E-state index in [0.29, 0.717) is 11.4 Å². The van der Waals surface area contributed by atoms with Crippen molar-refractivity contribution in [1.29, 1.82) is 0 Å². The number of ether oxygens (including phenoxy) is 1. The number of anilines is 1. The molecule has 0 fully saturated rings. The minimum atomic E-state index is -4.32. The van der Waals surface area contributed by atoms with Crippen molar-refractivity contribution >= 4 is 39.1 Å². The van der Waals surface area contributed by atoms with Gasteiger partial charge in [-0.3, -0.25) is 13.9 Å². The second kappa shape index (κ2) is 14.3. The number of nitrogens with zero attached hydrogens (tertiary/aromatic N) is 2. The zero-order chi connectivity index (χ0) is 30.2. The van der Waals surface area contributed by atoms with Crippen molar-refractivity contribution < 1.29 is 27.1 Å². The largest absolute Gasteiger partial charge is 0.492 e. The molecule has 3 rings (SSSR count). The van der Waals surface area contributed by atoms with Crippen LogP contribution < -0.4 is 14.4 Å². The maximum absolute atomic E-state index is 14.7. The van der Waals surface area contributed by atoms with E-state index >= 15 is 0 Å². The third kappa shape index (κ3) is 7.98. The lowest BCUT2D eigenvalue weighted by Gasteiger charge is -2.33. The Labute approximate surface area is 246 Å². The Kier molecular flexibility index (Phi) is 11.1. The molecule has 0 unspecified atom stereocenters. The summed E-state index contributed by atoms with van der Waals surface area (Å²) < 4.78 is 49.3. The van der Waals surface area contributed by atoms with Gasteiger partial charge >= 0.3 is 0 Å². The zero-order valence-electron chi connectivity index (χ0n) is 23.5. The summed E-state index contributed by atoms with van der Waals surface area (Å²) in [7, 11) is -4.32. The fourth-order valence-corrected chi connectivity index (χ4v) is 5.60. The van der Waals surface area contributed by atoms with Gasteiger partial charge in [0.15, 0.2) is 0 Å². The van der Waals surface area contributed by atoms with Gasteiger partial charge in [-0.05, 0) is 69.7 Å². The summed E-state index contributed by atoms with van der Waals surface area (Å²) in [6.07, 6.45) is 0.668. The molecule has 0 radical (unpaired) electrons. The molecule has 2 amide bonds. The third-order valence-corrected chi connectivity index (χ3v) is 8.61. The van der Waals surface area contributed by atoms with Crippen LogP contribution in [0, 0.1) is 5.82 Å². The van der Waals surface area contributed by atoms with Gasteiger partial charge in [-0.2, -0.15) is 0 Å². The minimum Gasteiger partial charge on any atom is -0.492 e. The molecule has 0 aliphatic carbocycles. The lowest BCUT2D eigenvalue weighted by molar-refractivity contribution is -0.139. The Balaban J connectivity index is 2.09. The van der Waals surface area contributed by atoms with Crippen molar-refractivity contribution in [2.45, 2.75) is 57.6 Å². The number of nitrogens with one attached hydrogen (secondary N) is 1. The van der Waals surface area contributed by atoms with E-state index in [0.717, 1.165) is 4.31 Å². The third-order valence-electron chi connectivity index (χ3n) is 6.58. The van der Waals surface area contributed by atoms with Gasteiger partial charge in [0.05, 0.1) is 17.2 Å². The van der Waals surface area contributed by atoms with E-state index in [2.05, 4.69) is 5.32 Å². The maximum Gasteiger partial charge on any atom is 0.264 e. The SMILES string of the molecule is CCOc1ccccc1N(CC(=O)N(Cc1ccccc1F)[C@H](C)C(=O)N[C@H](C)CC)S(=O)(=O)c1ccc(Cl)cc1. The van der Waals surface area contributed by atoms with Crippen LogP contribution in [-0.2, 0) is 26.2 Å². The standard InChI is InChI=1S/C30H35ClFN3O5S/c1-5-21(3)33-30(37)22(4)34(19-23-11-7-8-12-26(23)32)29(36)20-35(27-13-9-10-14-28(27)40-6-2)41(38,39)25-17-15-24(31)16-18-25/h7-18,21-22H,5-6,19-20H2,1-4H3,(H,33,37)/t21-,22-/m1/s1. The van der Waals surface area contributed by atoms with Gasteiger partial charge in [0.25, 0.3) is 10.0 Å². The Morgan fingerprint density at radius 2 is 1.61 bits per heavy atom. The average Bonchev–Trinajstić information content (AvgIpc) is 2.95. The first-order valence-electron chi connectivity index (χ1n) is 13.3. The number of amides is 2. The van der Waals surface area contributed by atoms with Crippen LogP contribution in [0.2, 0.25) is 5.02 Å². The highest BCUT2D eigenvalue weighted by atomic mass is 35.5. The molecule has 0 aliphatic rings. The molecule has 0 saturated carbocycles. The molecule has 41 heavy (non-hydrogen) atoms. The summed E-state index contributed by atoms with van der Waals surface area (Å²) in [6, 6.07) is 16.8. The van der Waals surface area contributed by atoms with Crippen LogP contribution in [0.1, 0.15) is 39.7 Å². The first-order valence-corrected chi connectivity index (χ1v) is 15.1. The second-order valence-electron chi connectivity index (χ2n) is 9.47. The molecule has 8 nitrogen and oxygen atoms in total. The Bertz CT molecular complexity index is 1450. The van der Waals surface area contributed by atoms with Crippen LogP contribution in [-0.4, -0.2) is 50.4 Å². The molecule has 3 aromatic carbocycles. The summed E-state index contributed by atoms with van der Waals surface area (Å²) in [5, 5.41) is 3.19. The summed E-state index contributed by atoms with van der Waals surface area (Å²) in [6.45, 7) is 6.36. The average molecular weight is 604 g/mol. The van der Waals surface area contributed by atoms with Gasteiger partial charge in [0.2, 0.25) is 11.8 Å². The van der Waals surface area contributed by atoms with Gasteiger partial charge in [0, 0.05) is 23.2 Å². The number of hydrogen-bond donors (Lipinski definition) is 1. The van der Waals surface area contributed by atoms with Crippen molar-refractivity contribution in [2.24, 2.45) is 0 Å². The predicted molar refractivity (Wildman–Crippen MR) is 158 cm³/mol. The first kappa shape index (κ1) is 31.9. The fraction of sp³-hybridized carbons (Fsp3) is 0.333. The van der Waals surface area contributed by atoms with Crippen LogP contribution in [0.4, 0.5) is 10.1 Å². The zero-order valence-corrected chi connectivity index (χ0v) is 25.1. The van der Waals surface area contributed by atoms with Gasteiger partial charge in [-0.15, -0.1) is 0 Å². The van der Waals surface area contributed by atoms with E-state index in [1.807, 2.05) is 13.8 Å². The fourth-order valence-electron chi connectivity index (χ4n) is 4.05. The van der Waals surface area contributed by atoms with E-state index in [-0.39, 0.29) is 41.1 Å². The highest BCUT2D eigenvalue weighted by molar-refractivity contribution is 7.92. The normalized spacial score (nSPS) is 12.7. The van der Waals surface area contributed by atoms with Crippen molar-refractivity contribution in [1.82, 2.24) is 10.2 Å². The molecular formula is C30H35ClFN3O5S. The number of rotatable bonds is 13. The minimum absolute atomic E-state index is 0.0933. The number of carbonyl (C=O) groups excluding carboxylic acids is 2.